The third-order valence-corrected chi connectivity index (χ3v) is 2.49. The molecule has 1 unspecified atom stereocenters. The molecule has 1 atom stereocenters. The molecule has 5 heteroatoms. The van der Waals surface area contributed by atoms with Gasteiger partial charge in [0, 0.05) is 24.0 Å². The average Bonchev–Trinajstić information content (AvgIpc) is 2.58. The number of rotatable bonds is 2. The van der Waals surface area contributed by atoms with Gasteiger partial charge in [-0.25, -0.2) is 4.79 Å². The number of carboxylic acid groups (broad SMARTS) is 1. The first kappa shape index (κ1) is 10.4. The lowest BCUT2D eigenvalue weighted by atomic mass is 9.93. The van der Waals surface area contributed by atoms with Crippen LogP contribution in [0.3, 0.4) is 0 Å². The predicted octanol–water partition coefficient (Wildman–Crippen LogP) is 0.865. The monoisotopic (exact) mass is 219 g/mol. The third-order valence-electron chi connectivity index (χ3n) is 2.49. The Kier molecular flexibility index (Phi) is 2.23. The number of pyridine rings is 1. The zero-order chi connectivity index (χ0) is 11.8. The van der Waals surface area contributed by atoms with Crippen molar-refractivity contribution in [3.63, 3.8) is 0 Å². The smallest absolute Gasteiger partial charge is 0.371 e. The van der Waals surface area contributed by atoms with E-state index in [-0.39, 0.29) is 11.5 Å². The van der Waals surface area contributed by atoms with Gasteiger partial charge < -0.3 is 9.84 Å². The van der Waals surface area contributed by atoms with Gasteiger partial charge in [-0.3, -0.25) is 9.78 Å². The summed E-state index contributed by atoms with van der Waals surface area (Å²) < 4.78 is 5.19. The highest BCUT2D eigenvalue weighted by molar-refractivity contribution is 6.05. The highest BCUT2D eigenvalue weighted by Gasteiger charge is 2.43. The van der Waals surface area contributed by atoms with E-state index in [2.05, 4.69) is 4.98 Å². The van der Waals surface area contributed by atoms with E-state index in [9.17, 15) is 9.59 Å². The number of nitrogens with zero attached hydrogens (tertiary/aromatic N) is 1. The number of hydrogen-bond acceptors (Lipinski definition) is 4. The van der Waals surface area contributed by atoms with Crippen LogP contribution in [0.5, 0.6) is 0 Å². The van der Waals surface area contributed by atoms with Crippen LogP contribution in [0, 0.1) is 0 Å². The topological polar surface area (TPSA) is 76.5 Å². The molecule has 0 amide bonds. The van der Waals surface area contributed by atoms with Crippen molar-refractivity contribution in [3.05, 3.63) is 41.9 Å². The van der Waals surface area contributed by atoms with E-state index in [1.807, 2.05) is 0 Å². The van der Waals surface area contributed by atoms with Crippen molar-refractivity contribution >= 4 is 11.8 Å². The number of ether oxygens (including phenoxy) is 1. The molecule has 1 aromatic heterocycles. The molecule has 0 bridgehead atoms. The Bertz CT molecular complexity index is 480. The zero-order valence-electron chi connectivity index (χ0n) is 8.51. The molecule has 0 aromatic carbocycles. The highest BCUT2D eigenvalue weighted by atomic mass is 16.5. The Balaban J connectivity index is 2.38. The number of carbonyl (C=O) groups excluding carboxylic acids is 1. The number of carbonyl (C=O) groups is 2. The Hall–Kier alpha value is -2.17. The summed E-state index contributed by atoms with van der Waals surface area (Å²) in [6, 6.07) is 3.24. The Labute approximate surface area is 91.4 Å². The molecule has 2 heterocycles. The molecular formula is C11H9NO4. The lowest BCUT2D eigenvalue weighted by molar-refractivity contribution is -0.141. The lowest BCUT2D eigenvalue weighted by Gasteiger charge is -2.23. The minimum Gasteiger partial charge on any atom is -0.475 e. The molecule has 5 nitrogen and oxygen atoms in total. The van der Waals surface area contributed by atoms with Crippen molar-refractivity contribution in [2.45, 2.75) is 12.5 Å². The van der Waals surface area contributed by atoms with Gasteiger partial charge >= 0.3 is 5.97 Å². The van der Waals surface area contributed by atoms with Crippen LogP contribution in [0.1, 0.15) is 12.5 Å². The van der Waals surface area contributed by atoms with Crippen molar-refractivity contribution in [2.24, 2.45) is 0 Å². The van der Waals surface area contributed by atoms with Crippen LogP contribution in [0.25, 0.3) is 0 Å². The second-order valence-electron chi connectivity index (χ2n) is 3.55. The number of aromatic nitrogens is 1. The standard InChI is InChI=1S/C11H9NO4/c1-11(7-2-4-12-5-3-7)9(13)6-8(16-11)10(14)15/h2-6H,1H3,(H,14,15). The molecule has 16 heavy (non-hydrogen) atoms. The fraction of sp³-hybridized carbons (Fsp3) is 0.182. The molecular weight excluding hydrogens is 210 g/mol. The lowest BCUT2D eigenvalue weighted by Crippen LogP contribution is -2.30. The SMILES string of the molecule is CC1(c2ccncc2)OC(C(=O)O)=CC1=O. The van der Waals surface area contributed by atoms with Crippen LogP contribution in [0.2, 0.25) is 0 Å². The van der Waals surface area contributed by atoms with Crippen LogP contribution in [0.15, 0.2) is 36.4 Å². The number of hydrogen-bond donors (Lipinski definition) is 1. The van der Waals surface area contributed by atoms with E-state index < -0.39 is 11.6 Å². The van der Waals surface area contributed by atoms with Gasteiger partial charge in [0.15, 0.2) is 5.60 Å². The summed E-state index contributed by atoms with van der Waals surface area (Å²) in [6.07, 6.45) is 4.05. The maximum absolute atomic E-state index is 11.7. The molecule has 1 aromatic rings. The van der Waals surface area contributed by atoms with E-state index in [0.717, 1.165) is 6.08 Å². The molecule has 82 valence electrons. The first-order valence-corrected chi connectivity index (χ1v) is 4.63. The minimum atomic E-state index is -1.25. The van der Waals surface area contributed by atoms with Gasteiger partial charge in [0.25, 0.3) is 0 Å². The van der Waals surface area contributed by atoms with Crippen molar-refractivity contribution in [1.82, 2.24) is 4.98 Å². The molecule has 0 saturated carbocycles. The van der Waals surface area contributed by atoms with Crippen molar-refractivity contribution in [3.8, 4) is 0 Å². The Morgan fingerprint density at radius 3 is 2.56 bits per heavy atom. The molecule has 0 spiro atoms. The number of ketones is 1. The van der Waals surface area contributed by atoms with Crippen molar-refractivity contribution in [2.75, 3.05) is 0 Å². The Morgan fingerprint density at radius 2 is 2.06 bits per heavy atom. The molecule has 1 aliphatic heterocycles. The van der Waals surface area contributed by atoms with Crippen LogP contribution < -0.4 is 0 Å². The summed E-state index contributed by atoms with van der Waals surface area (Å²) in [7, 11) is 0. The summed E-state index contributed by atoms with van der Waals surface area (Å²) in [5.74, 6) is -1.95. The second kappa shape index (κ2) is 3.44. The van der Waals surface area contributed by atoms with Gasteiger partial charge in [0.2, 0.25) is 11.5 Å². The van der Waals surface area contributed by atoms with Crippen molar-refractivity contribution in [1.29, 1.82) is 0 Å². The maximum Gasteiger partial charge on any atom is 0.371 e. The van der Waals surface area contributed by atoms with Crippen LogP contribution >= 0.6 is 0 Å². The van der Waals surface area contributed by atoms with Gasteiger partial charge in [-0.05, 0) is 19.1 Å². The van der Waals surface area contributed by atoms with E-state index >= 15 is 0 Å². The van der Waals surface area contributed by atoms with Crippen LogP contribution in [-0.2, 0) is 19.9 Å². The Morgan fingerprint density at radius 1 is 1.44 bits per heavy atom. The quantitative estimate of drug-likeness (QED) is 0.798. The minimum absolute atomic E-state index is 0.329. The fourth-order valence-corrected chi connectivity index (χ4v) is 1.53. The van der Waals surface area contributed by atoms with Crippen molar-refractivity contribution < 1.29 is 19.4 Å². The van der Waals surface area contributed by atoms with Crippen LogP contribution in [0.4, 0.5) is 0 Å². The molecule has 0 saturated heterocycles. The summed E-state index contributed by atoms with van der Waals surface area (Å²) in [5.41, 5.74) is -0.670. The first-order valence-electron chi connectivity index (χ1n) is 4.63. The average molecular weight is 219 g/mol. The van der Waals surface area contributed by atoms with Gasteiger partial charge in [-0.15, -0.1) is 0 Å². The number of aliphatic carboxylic acids is 1. The predicted molar refractivity (Wildman–Crippen MR) is 53.4 cm³/mol. The summed E-state index contributed by atoms with van der Waals surface area (Å²) >= 11 is 0. The maximum atomic E-state index is 11.7. The summed E-state index contributed by atoms with van der Waals surface area (Å²) in [6.45, 7) is 1.54. The van der Waals surface area contributed by atoms with E-state index in [4.69, 9.17) is 9.84 Å². The molecule has 2 rings (SSSR count). The molecule has 0 aliphatic carbocycles. The fourth-order valence-electron chi connectivity index (χ4n) is 1.53. The normalized spacial score (nSPS) is 23.8. The van der Waals surface area contributed by atoms with Gasteiger partial charge in [-0.1, -0.05) is 0 Å². The highest BCUT2D eigenvalue weighted by Crippen LogP contribution is 2.34. The second-order valence-corrected chi connectivity index (χ2v) is 3.55. The van der Waals surface area contributed by atoms with Gasteiger partial charge in [0.05, 0.1) is 0 Å². The van der Waals surface area contributed by atoms with E-state index in [1.54, 1.807) is 12.1 Å². The summed E-state index contributed by atoms with van der Waals surface area (Å²) in [4.78, 5) is 26.3. The third kappa shape index (κ3) is 1.46. The first-order chi connectivity index (χ1) is 7.54. The molecule has 0 radical (unpaired) electrons. The van der Waals surface area contributed by atoms with Gasteiger partial charge in [0.1, 0.15) is 0 Å². The van der Waals surface area contributed by atoms with Gasteiger partial charge in [-0.2, -0.15) is 0 Å². The van der Waals surface area contributed by atoms with E-state index in [0.29, 0.717) is 5.56 Å². The van der Waals surface area contributed by atoms with E-state index in [1.165, 1.54) is 19.3 Å². The van der Waals surface area contributed by atoms with Crippen LogP contribution in [-0.4, -0.2) is 21.8 Å². The summed E-state index contributed by atoms with van der Waals surface area (Å²) in [5, 5.41) is 8.75. The number of carboxylic acids is 1. The molecule has 0 fully saturated rings. The molecule has 1 N–H and O–H groups in total. The zero-order valence-corrected chi connectivity index (χ0v) is 8.51. The molecule has 1 aliphatic rings. The largest absolute Gasteiger partial charge is 0.475 e.